The van der Waals surface area contributed by atoms with Crippen molar-refractivity contribution in [3.8, 4) is 0 Å². The minimum absolute atomic E-state index is 0.148. The first-order valence-corrected chi connectivity index (χ1v) is 8.35. The summed E-state index contributed by atoms with van der Waals surface area (Å²) in [7, 11) is 0. The van der Waals surface area contributed by atoms with E-state index in [4.69, 9.17) is 5.11 Å². The molecule has 1 heterocycles. The summed E-state index contributed by atoms with van der Waals surface area (Å²) < 4.78 is 0. The Morgan fingerprint density at radius 1 is 0.905 bits per heavy atom. The number of carbonyl (C=O) groups excluding carboxylic acids is 2. The summed E-state index contributed by atoms with van der Waals surface area (Å²) in [6.45, 7) is 0. The van der Waals surface area contributed by atoms with Gasteiger partial charge < -0.3 is 5.11 Å². The van der Waals surface area contributed by atoms with Crippen LogP contribution in [0, 0.1) is 0 Å². The van der Waals surface area contributed by atoms with E-state index in [1.54, 1.807) is 0 Å². The minimum atomic E-state index is -0.668. The van der Waals surface area contributed by atoms with Gasteiger partial charge in [0.2, 0.25) is 11.8 Å². The molecule has 1 saturated heterocycles. The molecule has 0 unspecified atom stereocenters. The van der Waals surface area contributed by atoms with E-state index in [-0.39, 0.29) is 11.8 Å². The fourth-order valence-electron chi connectivity index (χ4n) is 1.96. The molecule has 0 aliphatic carbocycles. The Hall–Kier alpha value is -1.04. The summed E-state index contributed by atoms with van der Waals surface area (Å²) >= 11 is 4.16. The second-order valence-electron chi connectivity index (χ2n) is 5.17. The molecule has 1 rings (SSSR count). The molecule has 6 heteroatoms. The summed E-state index contributed by atoms with van der Waals surface area (Å²) in [5.41, 5.74) is 0. The summed E-state index contributed by atoms with van der Waals surface area (Å²) in [6, 6.07) is 0. The number of nitrogens with one attached hydrogen (secondary N) is 1. The van der Waals surface area contributed by atoms with Crippen molar-refractivity contribution < 1.29 is 19.5 Å². The van der Waals surface area contributed by atoms with Crippen LogP contribution in [-0.2, 0) is 14.4 Å². The number of amides is 2. The van der Waals surface area contributed by atoms with Gasteiger partial charge in [0.25, 0.3) is 0 Å². The van der Waals surface area contributed by atoms with E-state index < -0.39 is 5.97 Å². The van der Waals surface area contributed by atoms with Crippen LogP contribution in [0.2, 0.25) is 0 Å². The average Bonchev–Trinajstić information content (AvgIpc) is 2.81. The van der Waals surface area contributed by atoms with E-state index in [9.17, 15) is 14.4 Å². The molecule has 0 radical (unpaired) electrons. The van der Waals surface area contributed by atoms with Crippen LogP contribution in [-0.4, -0.2) is 28.6 Å². The number of aliphatic carboxylic acids is 1. The number of thiol groups is 1. The number of unbranched alkanes of at least 4 members (excludes halogenated alkanes) is 7. The number of carboxylic acid groups (broad SMARTS) is 1. The van der Waals surface area contributed by atoms with E-state index in [1.807, 2.05) is 0 Å². The summed E-state index contributed by atoms with van der Waals surface area (Å²) in [6.07, 6.45) is 10.5. The lowest BCUT2D eigenvalue weighted by Gasteiger charge is -2.00. The number of rotatable bonds is 10. The molecule has 21 heavy (non-hydrogen) atoms. The number of imide groups is 1. The highest BCUT2D eigenvalue weighted by Gasteiger charge is 2.15. The van der Waals surface area contributed by atoms with Crippen LogP contribution in [0.1, 0.15) is 70.6 Å². The van der Waals surface area contributed by atoms with Crippen molar-refractivity contribution in [3.05, 3.63) is 0 Å². The van der Waals surface area contributed by atoms with Crippen LogP contribution in [0.5, 0.6) is 0 Å². The van der Waals surface area contributed by atoms with Gasteiger partial charge in [-0.3, -0.25) is 19.7 Å². The minimum Gasteiger partial charge on any atom is -0.481 e. The maximum Gasteiger partial charge on any atom is 0.303 e. The predicted molar refractivity (Wildman–Crippen MR) is 85.4 cm³/mol. The molecule has 1 fully saturated rings. The van der Waals surface area contributed by atoms with Crippen molar-refractivity contribution in [3.63, 3.8) is 0 Å². The fourth-order valence-corrected chi connectivity index (χ4v) is 2.18. The van der Waals surface area contributed by atoms with E-state index >= 15 is 0 Å². The van der Waals surface area contributed by atoms with Crippen LogP contribution in [0.25, 0.3) is 0 Å². The second kappa shape index (κ2) is 13.9. The molecule has 1 aliphatic heterocycles. The van der Waals surface area contributed by atoms with Gasteiger partial charge in [0.1, 0.15) is 0 Å². The van der Waals surface area contributed by atoms with Gasteiger partial charge >= 0.3 is 5.97 Å². The Bertz CT molecular complexity index is 307. The Morgan fingerprint density at radius 2 is 1.33 bits per heavy atom. The summed E-state index contributed by atoms with van der Waals surface area (Å²) in [5.74, 6) is 0.0345. The smallest absolute Gasteiger partial charge is 0.303 e. The Labute approximate surface area is 132 Å². The second-order valence-corrected chi connectivity index (χ2v) is 5.61. The summed E-state index contributed by atoms with van der Waals surface area (Å²) in [4.78, 5) is 30.4. The third-order valence-corrected chi connectivity index (χ3v) is 3.47. The Kier molecular flexibility index (Phi) is 13.2. The molecule has 1 aliphatic rings. The molecular formula is C15H27NO4S. The van der Waals surface area contributed by atoms with Gasteiger partial charge in [-0.1, -0.05) is 38.5 Å². The molecule has 2 amide bonds. The third kappa shape index (κ3) is 15.2. The topological polar surface area (TPSA) is 83.5 Å². The Balaban J connectivity index is 0.000000471. The molecule has 0 aromatic heterocycles. The molecule has 0 atom stereocenters. The molecule has 0 spiro atoms. The Morgan fingerprint density at radius 3 is 1.67 bits per heavy atom. The molecule has 5 nitrogen and oxygen atoms in total. The van der Waals surface area contributed by atoms with Crippen molar-refractivity contribution in [1.82, 2.24) is 5.32 Å². The summed E-state index contributed by atoms with van der Waals surface area (Å²) in [5, 5.41) is 10.5. The van der Waals surface area contributed by atoms with Crippen molar-refractivity contribution in [2.24, 2.45) is 0 Å². The first kappa shape index (κ1) is 20.0. The molecule has 0 bridgehead atoms. The molecule has 0 saturated carbocycles. The zero-order valence-electron chi connectivity index (χ0n) is 12.6. The largest absolute Gasteiger partial charge is 0.481 e. The first-order chi connectivity index (χ1) is 10.1. The fraction of sp³-hybridized carbons (Fsp3) is 0.800. The molecular weight excluding hydrogens is 290 g/mol. The SMILES string of the molecule is O=C(O)CCCCCCCCCCS.O=C1CCC(=O)N1. The van der Waals surface area contributed by atoms with Gasteiger partial charge in [0.15, 0.2) is 0 Å². The van der Waals surface area contributed by atoms with Crippen molar-refractivity contribution in [2.75, 3.05) is 5.75 Å². The predicted octanol–water partition coefficient (Wildman–Crippen LogP) is 2.93. The molecule has 2 N–H and O–H groups in total. The number of carboxylic acids is 1. The van der Waals surface area contributed by atoms with Crippen molar-refractivity contribution in [2.45, 2.75) is 70.6 Å². The van der Waals surface area contributed by atoms with E-state index in [2.05, 4.69) is 17.9 Å². The highest BCUT2D eigenvalue weighted by Crippen LogP contribution is 2.09. The first-order valence-electron chi connectivity index (χ1n) is 7.71. The number of hydrogen-bond acceptors (Lipinski definition) is 4. The van der Waals surface area contributed by atoms with Gasteiger partial charge in [-0.2, -0.15) is 12.6 Å². The van der Waals surface area contributed by atoms with E-state index in [0.29, 0.717) is 19.3 Å². The van der Waals surface area contributed by atoms with Gasteiger partial charge in [-0.25, -0.2) is 0 Å². The third-order valence-electron chi connectivity index (χ3n) is 3.16. The van der Waals surface area contributed by atoms with Crippen molar-refractivity contribution in [1.29, 1.82) is 0 Å². The van der Waals surface area contributed by atoms with Crippen LogP contribution >= 0.6 is 12.6 Å². The van der Waals surface area contributed by atoms with Crippen LogP contribution in [0.4, 0.5) is 0 Å². The zero-order valence-corrected chi connectivity index (χ0v) is 13.5. The van der Waals surface area contributed by atoms with Crippen LogP contribution in [0.15, 0.2) is 0 Å². The van der Waals surface area contributed by atoms with E-state index in [0.717, 1.165) is 18.6 Å². The standard InChI is InChI=1S/C11H22O2S.C4H5NO2/c12-11(13)9-7-5-3-1-2-4-6-8-10-14;6-3-1-2-4(7)5-3/h14H,1-10H2,(H,12,13);1-2H2,(H,5,6,7). The quantitative estimate of drug-likeness (QED) is 0.329. The molecule has 0 aromatic rings. The van der Waals surface area contributed by atoms with E-state index in [1.165, 1.54) is 38.5 Å². The van der Waals surface area contributed by atoms with Crippen LogP contribution < -0.4 is 5.32 Å². The lowest BCUT2D eigenvalue weighted by molar-refractivity contribution is -0.137. The normalized spacial score (nSPS) is 13.6. The van der Waals surface area contributed by atoms with Gasteiger partial charge in [-0.05, 0) is 18.6 Å². The lowest BCUT2D eigenvalue weighted by atomic mass is 10.1. The van der Waals surface area contributed by atoms with Crippen molar-refractivity contribution >= 4 is 30.4 Å². The highest BCUT2D eigenvalue weighted by molar-refractivity contribution is 7.80. The number of carbonyl (C=O) groups is 3. The lowest BCUT2D eigenvalue weighted by Crippen LogP contribution is -2.18. The average molecular weight is 317 g/mol. The van der Waals surface area contributed by atoms with Crippen LogP contribution in [0.3, 0.4) is 0 Å². The number of hydrogen-bond donors (Lipinski definition) is 3. The molecule has 122 valence electrons. The van der Waals surface area contributed by atoms with Gasteiger partial charge in [0.05, 0.1) is 0 Å². The highest BCUT2D eigenvalue weighted by atomic mass is 32.1. The molecule has 0 aromatic carbocycles. The zero-order chi connectivity index (χ0) is 15.9. The maximum atomic E-state index is 10.2. The monoisotopic (exact) mass is 317 g/mol. The van der Waals surface area contributed by atoms with Gasteiger partial charge in [0, 0.05) is 19.3 Å². The maximum absolute atomic E-state index is 10.2. The van der Waals surface area contributed by atoms with Gasteiger partial charge in [-0.15, -0.1) is 0 Å².